The highest BCUT2D eigenvalue weighted by molar-refractivity contribution is 6.31. The first-order valence-corrected chi connectivity index (χ1v) is 9.00. The first-order chi connectivity index (χ1) is 12.5. The van der Waals surface area contributed by atoms with Crippen LogP contribution in [0.25, 0.3) is 5.69 Å². The molecule has 4 rings (SSSR count). The van der Waals surface area contributed by atoms with Crippen molar-refractivity contribution >= 4 is 28.9 Å². The predicted molar refractivity (Wildman–Crippen MR) is 103 cm³/mol. The Morgan fingerprint density at radius 1 is 1.04 bits per heavy atom. The van der Waals surface area contributed by atoms with Crippen LogP contribution >= 0.6 is 11.6 Å². The van der Waals surface area contributed by atoms with Crippen LogP contribution in [0.4, 0.5) is 11.4 Å². The molecule has 0 radical (unpaired) electrons. The smallest absolute Gasteiger partial charge is 0.239 e. The first-order valence-electron chi connectivity index (χ1n) is 8.63. The lowest BCUT2D eigenvalue weighted by Gasteiger charge is -2.25. The molecule has 1 aliphatic rings. The van der Waals surface area contributed by atoms with Gasteiger partial charge in [-0.15, -0.1) is 10.2 Å². The van der Waals surface area contributed by atoms with Crippen LogP contribution in [0.3, 0.4) is 0 Å². The average molecular weight is 367 g/mol. The minimum absolute atomic E-state index is 0.0470. The largest absolute Gasteiger partial charge is 0.280 e. The van der Waals surface area contributed by atoms with Crippen LogP contribution in [-0.4, -0.2) is 20.7 Å². The van der Waals surface area contributed by atoms with E-state index < -0.39 is 0 Å². The zero-order valence-corrected chi connectivity index (χ0v) is 15.7. The zero-order chi connectivity index (χ0) is 18.4. The van der Waals surface area contributed by atoms with Gasteiger partial charge in [-0.05, 0) is 43.7 Å². The van der Waals surface area contributed by atoms with Crippen LogP contribution in [0.5, 0.6) is 0 Å². The lowest BCUT2D eigenvalue weighted by atomic mass is 10.1. The van der Waals surface area contributed by atoms with Crippen LogP contribution < -0.4 is 4.90 Å². The molecule has 0 unspecified atom stereocenters. The summed E-state index contributed by atoms with van der Waals surface area (Å²) in [6.07, 6.45) is 0.916. The number of hydrogen-bond donors (Lipinski definition) is 0. The molecule has 0 fully saturated rings. The highest BCUT2D eigenvalue weighted by Crippen LogP contribution is 2.38. The number of fused-ring (bicyclic) bond motifs is 3. The average Bonchev–Trinajstić information content (AvgIpc) is 2.95. The maximum absolute atomic E-state index is 13.2. The van der Waals surface area contributed by atoms with E-state index in [1.54, 1.807) is 4.90 Å². The lowest BCUT2D eigenvalue weighted by Crippen LogP contribution is -2.27. The molecular weight excluding hydrogens is 348 g/mol. The van der Waals surface area contributed by atoms with E-state index in [2.05, 4.69) is 16.3 Å². The third-order valence-electron chi connectivity index (χ3n) is 4.68. The van der Waals surface area contributed by atoms with Crippen LogP contribution in [0.2, 0.25) is 5.02 Å². The van der Waals surface area contributed by atoms with E-state index in [9.17, 15) is 4.79 Å². The molecule has 1 aromatic heterocycles. The van der Waals surface area contributed by atoms with Gasteiger partial charge >= 0.3 is 0 Å². The monoisotopic (exact) mass is 366 g/mol. The summed E-state index contributed by atoms with van der Waals surface area (Å²) in [5.74, 6) is 1.44. The summed E-state index contributed by atoms with van der Waals surface area (Å²) in [5, 5.41) is 9.09. The predicted octanol–water partition coefficient (Wildman–Crippen LogP) is 4.32. The van der Waals surface area contributed by atoms with E-state index in [-0.39, 0.29) is 12.3 Å². The van der Waals surface area contributed by atoms with Crippen molar-refractivity contribution in [2.24, 2.45) is 0 Å². The van der Waals surface area contributed by atoms with Crippen molar-refractivity contribution in [2.75, 3.05) is 4.90 Å². The molecule has 26 heavy (non-hydrogen) atoms. The van der Waals surface area contributed by atoms with Crippen molar-refractivity contribution in [1.29, 1.82) is 0 Å². The molecule has 0 N–H and O–H groups in total. The Hall–Kier alpha value is -2.66. The van der Waals surface area contributed by atoms with Crippen molar-refractivity contribution in [2.45, 2.75) is 33.6 Å². The Bertz CT molecular complexity index is 1020. The van der Waals surface area contributed by atoms with Gasteiger partial charge in [0.05, 0.1) is 23.5 Å². The summed E-state index contributed by atoms with van der Waals surface area (Å²) < 4.78 is 1.98. The second-order valence-corrected chi connectivity index (χ2v) is 6.99. The molecule has 0 saturated carbocycles. The zero-order valence-electron chi connectivity index (χ0n) is 15.0. The van der Waals surface area contributed by atoms with Crippen molar-refractivity contribution in [1.82, 2.24) is 14.8 Å². The van der Waals surface area contributed by atoms with E-state index in [1.807, 2.05) is 55.7 Å². The number of nitrogens with zero attached hydrogens (tertiary/aromatic N) is 4. The summed E-state index contributed by atoms with van der Waals surface area (Å²) >= 11 is 6.29. The van der Waals surface area contributed by atoms with Gasteiger partial charge in [0.2, 0.25) is 5.91 Å². The molecule has 3 aromatic rings. The molecule has 132 valence electrons. The Morgan fingerprint density at radius 2 is 1.81 bits per heavy atom. The summed E-state index contributed by atoms with van der Waals surface area (Å²) in [6, 6.07) is 11.7. The highest BCUT2D eigenvalue weighted by atomic mass is 35.5. The Labute approximate surface area is 157 Å². The van der Waals surface area contributed by atoms with Gasteiger partial charge in [-0.2, -0.15) is 0 Å². The molecule has 2 aromatic carbocycles. The van der Waals surface area contributed by atoms with E-state index in [4.69, 9.17) is 11.6 Å². The number of carbonyl (C=O) groups is 1. The number of carbonyl (C=O) groups excluding carboxylic acids is 1. The topological polar surface area (TPSA) is 51.0 Å². The molecule has 0 spiro atoms. The second-order valence-electron chi connectivity index (χ2n) is 6.55. The minimum Gasteiger partial charge on any atom is -0.280 e. The summed E-state index contributed by atoms with van der Waals surface area (Å²) in [5.41, 5.74) is 4.68. The summed E-state index contributed by atoms with van der Waals surface area (Å²) in [6.45, 7) is 6.09. The Kier molecular flexibility index (Phi) is 4.04. The van der Waals surface area contributed by atoms with E-state index in [0.717, 1.165) is 40.4 Å². The quantitative estimate of drug-likeness (QED) is 0.678. The lowest BCUT2D eigenvalue weighted by molar-refractivity contribution is -0.117. The van der Waals surface area contributed by atoms with Gasteiger partial charge in [0.15, 0.2) is 0 Å². The molecule has 6 heteroatoms. The number of halogens is 1. The maximum Gasteiger partial charge on any atom is 0.239 e. The Balaban J connectivity index is 2.01. The van der Waals surface area contributed by atoms with Crippen LogP contribution in [0.15, 0.2) is 36.4 Å². The van der Waals surface area contributed by atoms with Gasteiger partial charge in [-0.25, -0.2) is 0 Å². The number of hydrogen-bond acceptors (Lipinski definition) is 3. The number of aryl methyl sites for hydroxylation is 3. The van der Waals surface area contributed by atoms with Gasteiger partial charge < -0.3 is 0 Å². The molecule has 1 aliphatic heterocycles. The molecule has 2 heterocycles. The molecule has 0 aliphatic carbocycles. The van der Waals surface area contributed by atoms with Crippen molar-refractivity contribution in [3.05, 3.63) is 64.2 Å². The molecule has 0 atom stereocenters. The minimum atomic E-state index is -0.0470. The SMILES string of the molecule is CCc1nnc2n1-c1ccc(Cl)cc1N(c1ccc(C)cc1C)C(=O)C2. The summed E-state index contributed by atoms with van der Waals surface area (Å²) in [4.78, 5) is 14.9. The van der Waals surface area contributed by atoms with E-state index in [1.165, 1.54) is 0 Å². The van der Waals surface area contributed by atoms with E-state index >= 15 is 0 Å². The van der Waals surface area contributed by atoms with Crippen LogP contribution in [0.1, 0.15) is 29.7 Å². The van der Waals surface area contributed by atoms with Crippen molar-refractivity contribution < 1.29 is 4.79 Å². The molecule has 1 amide bonds. The van der Waals surface area contributed by atoms with Crippen molar-refractivity contribution in [3.63, 3.8) is 0 Å². The third-order valence-corrected chi connectivity index (χ3v) is 4.92. The molecular formula is C20H19ClN4O. The standard InChI is InChI=1S/C20H19ClN4O/c1-4-18-22-23-19-11-20(26)24(15-7-5-12(2)9-13(15)3)17-10-14(21)6-8-16(17)25(18)19/h5-10H,4,11H2,1-3H3. The Morgan fingerprint density at radius 3 is 2.54 bits per heavy atom. The number of amides is 1. The van der Waals surface area contributed by atoms with Gasteiger partial charge in [0.25, 0.3) is 0 Å². The normalized spacial score (nSPS) is 13.4. The fourth-order valence-corrected chi connectivity index (χ4v) is 3.68. The summed E-state index contributed by atoms with van der Waals surface area (Å²) in [7, 11) is 0. The van der Waals surface area contributed by atoms with Crippen LogP contribution in [0, 0.1) is 13.8 Å². The fourth-order valence-electron chi connectivity index (χ4n) is 3.51. The van der Waals surface area contributed by atoms with Crippen molar-refractivity contribution in [3.8, 4) is 5.69 Å². The maximum atomic E-state index is 13.2. The van der Waals surface area contributed by atoms with Crippen LogP contribution in [-0.2, 0) is 17.6 Å². The number of anilines is 2. The van der Waals surface area contributed by atoms with Gasteiger partial charge in [-0.3, -0.25) is 14.3 Å². The van der Waals surface area contributed by atoms with E-state index in [0.29, 0.717) is 10.8 Å². The second kappa shape index (κ2) is 6.25. The molecule has 0 saturated heterocycles. The van der Waals surface area contributed by atoms with Gasteiger partial charge in [0.1, 0.15) is 11.6 Å². The number of benzene rings is 2. The molecule has 5 nitrogen and oxygen atoms in total. The molecule has 0 bridgehead atoms. The highest BCUT2D eigenvalue weighted by Gasteiger charge is 2.30. The van der Waals surface area contributed by atoms with Gasteiger partial charge in [-0.1, -0.05) is 36.2 Å². The number of aromatic nitrogens is 3. The first kappa shape index (κ1) is 16.8. The fraction of sp³-hybridized carbons (Fsp3) is 0.250. The van der Waals surface area contributed by atoms with Gasteiger partial charge in [0, 0.05) is 11.4 Å². The number of rotatable bonds is 2. The third kappa shape index (κ3) is 2.59.